The number of benzene rings is 1. The zero-order valence-corrected chi connectivity index (χ0v) is 14.2. The molecule has 5 nitrogen and oxygen atoms in total. The average Bonchev–Trinajstić information content (AvgIpc) is 3.11. The van der Waals surface area contributed by atoms with E-state index >= 15 is 0 Å². The predicted molar refractivity (Wildman–Crippen MR) is 92.8 cm³/mol. The van der Waals surface area contributed by atoms with Crippen LogP contribution in [0.3, 0.4) is 0 Å². The maximum atomic E-state index is 9.36. The van der Waals surface area contributed by atoms with Crippen molar-refractivity contribution in [3.63, 3.8) is 0 Å². The summed E-state index contributed by atoms with van der Waals surface area (Å²) in [6.07, 6.45) is 5.03. The summed E-state index contributed by atoms with van der Waals surface area (Å²) >= 11 is 0. The maximum absolute atomic E-state index is 9.36. The van der Waals surface area contributed by atoms with E-state index < -0.39 is 0 Å². The van der Waals surface area contributed by atoms with E-state index in [0.29, 0.717) is 0 Å². The van der Waals surface area contributed by atoms with Gasteiger partial charge in [0.25, 0.3) is 0 Å². The van der Waals surface area contributed by atoms with Crippen molar-refractivity contribution in [1.29, 1.82) is 5.26 Å². The molecule has 3 rings (SSSR count). The van der Waals surface area contributed by atoms with Crippen molar-refractivity contribution in [2.24, 2.45) is 0 Å². The Hall–Kier alpha value is -2.16. The molecule has 0 aliphatic carbocycles. The quantitative estimate of drug-likeness (QED) is 0.820. The molecule has 0 spiro atoms. The molecule has 126 valence electrons. The van der Waals surface area contributed by atoms with Gasteiger partial charge in [0.2, 0.25) is 0 Å². The van der Waals surface area contributed by atoms with Crippen molar-refractivity contribution in [1.82, 2.24) is 14.7 Å². The summed E-state index contributed by atoms with van der Waals surface area (Å²) in [5, 5.41) is 13.9. The summed E-state index contributed by atoms with van der Waals surface area (Å²) in [6, 6.07) is 10.2. The van der Waals surface area contributed by atoms with E-state index in [0.717, 1.165) is 56.9 Å². The van der Waals surface area contributed by atoms with Gasteiger partial charge < -0.3 is 4.74 Å². The van der Waals surface area contributed by atoms with Crippen LogP contribution in [0.5, 0.6) is 0 Å². The first-order chi connectivity index (χ1) is 11.8. The second-order valence-electron chi connectivity index (χ2n) is 6.15. The molecule has 2 heterocycles. The number of nitrogens with zero attached hydrogens (tertiary/aromatic N) is 4. The van der Waals surface area contributed by atoms with Crippen molar-refractivity contribution in [3.8, 4) is 6.07 Å². The molecule has 2 aromatic rings. The summed E-state index contributed by atoms with van der Waals surface area (Å²) in [6.45, 7) is 7.69. The Labute approximate surface area is 143 Å². The third-order valence-corrected chi connectivity index (χ3v) is 4.67. The first-order valence-electron chi connectivity index (χ1n) is 8.63. The van der Waals surface area contributed by atoms with Crippen molar-refractivity contribution < 1.29 is 4.74 Å². The lowest BCUT2D eigenvalue weighted by atomic mass is 9.88. The SMILES string of the molecule is CC[C@H](c1cnn(CCN2CCOCC2)c1)c1ccccc1C#N. The van der Waals surface area contributed by atoms with Gasteiger partial charge in [0.15, 0.2) is 0 Å². The van der Waals surface area contributed by atoms with Crippen molar-refractivity contribution in [2.75, 3.05) is 32.8 Å². The summed E-state index contributed by atoms with van der Waals surface area (Å²) in [4.78, 5) is 2.41. The number of nitriles is 1. The van der Waals surface area contributed by atoms with E-state index in [4.69, 9.17) is 4.74 Å². The largest absolute Gasteiger partial charge is 0.379 e. The molecule has 1 fully saturated rings. The molecular formula is C19H24N4O. The Kier molecular flexibility index (Phi) is 5.63. The molecular weight excluding hydrogens is 300 g/mol. The Morgan fingerprint density at radius 1 is 1.25 bits per heavy atom. The lowest BCUT2D eigenvalue weighted by molar-refractivity contribution is 0.0359. The molecule has 5 heteroatoms. The fourth-order valence-electron chi connectivity index (χ4n) is 3.29. The summed E-state index contributed by atoms with van der Waals surface area (Å²) in [7, 11) is 0. The van der Waals surface area contributed by atoms with Crippen LogP contribution in [0.15, 0.2) is 36.7 Å². The van der Waals surface area contributed by atoms with E-state index in [9.17, 15) is 5.26 Å². The standard InChI is InChI=1S/C19H24N4O/c1-2-18(19-6-4-3-5-16(19)13-20)17-14-21-23(15-17)8-7-22-9-11-24-12-10-22/h3-6,14-15,18H,2,7-12H2,1H3/t18-/m1/s1. The van der Waals surface area contributed by atoms with Crippen LogP contribution in [0.4, 0.5) is 0 Å². The molecule has 1 aromatic heterocycles. The third-order valence-electron chi connectivity index (χ3n) is 4.67. The highest BCUT2D eigenvalue weighted by molar-refractivity contribution is 5.43. The number of rotatable bonds is 6. The highest BCUT2D eigenvalue weighted by Gasteiger charge is 2.17. The van der Waals surface area contributed by atoms with Gasteiger partial charge in [0.05, 0.1) is 37.6 Å². The Balaban J connectivity index is 1.70. The molecule has 1 saturated heterocycles. The van der Waals surface area contributed by atoms with Crippen LogP contribution in [0, 0.1) is 11.3 Å². The van der Waals surface area contributed by atoms with Crippen molar-refractivity contribution >= 4 is 0 Å². The van der Waals surface area contributed by atoms with Crippen LogP contribution < -0.4 is 0 Å². The maximum Gasteiger partial charge on any atom is 0.0994 e. The summed E-state index contributed by atoms with van der Waals surface area (Å²) < 4.78 is 7.40. The Morgan fingerprint density at radius 2 is 2.04 bits per heavy atom. The second kappa shape index (κ2) is 8.09. The fraction of sp³-hybridized carbons (Fsp3) is 0.474. The lowest BCUT2D eigenvalue weighted by Crippen LogP contribution is -2.38. The highest BCUT2D eigenvalue weighted by Crippen LogP contribution is 2.29. The first kappa shape index (κ1) is 16.7. The van der Waals surface area contributed by atoms with Gasteiger partial charge in [0, 0.05) is 31.7 Å². The minimum absolute atomic E-state index is 0.220. The molecule has 0 radical (unpaired) electrons. The molecule has 0 bridgehead atoms. The summed E-state index contributed by atoms with van der Waals surface area (Å²) in [5.41, 5.74) is 3.03. The van der Waals surface area contributed by atoms with Crippen LogP contribution in [0.1, 0.15) is 36.0 Å². The minimum Gasteiger partial charge on any atom is -0.379 e. The van der Waals surface area contributed by atoms with Crippen molar-refractivity contribution in [2.45, 2.75) is 25.8 Å². The second-order valence-corrected chi connectivity index (χ2v) is 6.15. The number of ether oxygens (including phenoxy) is 1. The van der Waals surface area contributed by atoms with Crippen molar-refractivity contribution in [3.05, 3.63) is 53.3 Å². The van der Waals surface area contributed by atoms with Crippen LogP contribution in [0.2, 0.25) is 0 Å². The Bertz CT molecular complexity index is 697. The topological polar surface area (TPSA) is 54.1 Å². The number of hydrogen-bond acceptors (Lipinski definition) is 4. The molecule has 24 heavy (non-hydrogen) atoms. The lowest BCUT2D eigenvalue weighted by Gasteiger charge is -2.26. The molecule has 0 N–H and O–H groups in total. The van der Waals surface area contributed by atoms with Gasteiger partial charge in [-0.3, -0.25) is 9.58 Å². The molecule has 0 saturated carbocycles. The number of hydrogen-bond donors (Lipinski definition) is 0. The third kappa shape index (κ3) is 3.84. The highest BCUT2D eigenvalue weighted by atomic mass is 16.5. The molecule has 1 atom stereocenters. The molecule has 1 aromatic carbocycles. The zero-order chi connectivity index (χ0) is 16.8. The van der Waals surface area contributed by atoms with Gasteiger partial charge in [-0.25, -0.2) is 0 Å². The van der Waals surface area contributed by atoms with E-state index in [2.05, 4.69) is 35.3 Å². The predicted octanol–water partition coefficient (Wildman–Crippen LogP) is 2.63. The smallest absolute Gasteiger partial charge is 0.0994 e. The average molecular weight is 324 g/mol. The number of aromatic nitrogens is 2. The first-order valence-corrected chi connectivity index (χ1v) is 8.63. The molecule has 0 unspecified atom stereocenters. The van der Waals surface area contributed by atoms with E-state index in [1.54, 1.807) is 0 Å². The van der Waals surface area contributed by atoms with Crippen LogP contribution in [-0.2, 0) is 11.3 Å². The van der Waals surface area contributed by atoms with Gasteiger partial charge in [-0.1, -0.05) is 25.1 Å². The van der Waals surface area contributed by atoms with Crippen LogP contribution in [0.25, 0.3) is 0 Å². The van der Waals surface area contributed by atoms with Gasteiger partial charge in [0.1, 0.15) is 0 Å². The molecule has 0 amide bonds. The molecule has 1 aliphatic rings. The monoisotopic (exact) mass is 324 g/mol. The fourth-order valence-corrected chi connectivity index (χ4v) is 3.29. The van der Waals surface area contributed by atoms with E-state index in [1.165, 1.54) is 5.56 Å². The Morgan fingerprint density at radius 3 is 2.79 bits per heavy atom. The van der Waals surface area contributed by atoms with Crippen LogP contribution >= 0.6 is 0 Å². The van der Waals surface area contributed by atoms with Gasteiger partial charge in [-0.2, -0.15) is 10.4 Å². The van der Waals surface area contributed by atoms with Gasteiger partial charge >= 0.3 is 0 Å². The van der Waals surface area contributed by atoms with Crippen LogP contribution in [-0.4, -0.2) is 47.5 Å². The minimum atomic E-state index is 0.220. The van der Waals surface area contributed by atoms with E-state index in [-0.39, 0.29) is 5.92 Å². The number of morpholine rings is 1. The van der Waals surface area contributed by atoms with Gasteiger partial charge in [-0.15, -0.1) is 0 Å². The summed E-state index contributed by atoms with van der Waals surface area (Å²) in [5.74, 6) is 0.220. The van der Waals surface area contributed by atoms with Gasteiger partial charge in [-0.05, 0) is 23.6 Å². The molecule has 1 aliphatic heterocycles. The van der Waals surface area contributed by atoms with E-state index in [1.807, 2.05) is 29.1 Å². The normalized spacial score (nSPS) is 16.7. The zero-order valence-electron chi connectivity index (χ0n) is 14.2.